The molecule has 0 atom stereocenters. The van der Waals surface area contributed by atoms with Gasteiger partial charge in [-0.1, -0.05) is 12.1 Å². The normalized spacial score (nSPS) is 10.0. The van der Waals surface area contributed by atoms with Gasteiger partial charge < -0.3 is 9.72 Å². The van der Waals surface area contributed by atoms with E-state index in [1.165, 1.54) is 23.9 Å². The summed E-state index contributed by atoms with van der Waals surface area (Å²) in [5, 5.41) is 11.4. The summed E-state index contributed by atoms with van der Waals surface area (Å²) in [6.07, 6.45) is 1.71. The molecule has 6 nitrogen and oxygen atoms in total. The van der Waals surface area contributed by atoms with Gasteiger partial charge in [-0.25, -0.2) is 4.98 Å². The zero-order chi connectivity index (χ0) is 16.2. The Balaban J connectivity index is 0.00000208. The molecular formula is C16H14BrN3O3S. The molecule has 2 aromatic carbocycles. The predicted octanol–water partition coefficient (Wildman–Crippen LogP) is 4.72. The van der Waals surface area contributed by atoms with Crippen LogP contribution in [0.4, 0.5) is 5.69 Å². The number of ether oxygens (including phenoxy) is 1. The summed E-state index contributed by atoms with van der Waals surface area (Å²) in [6, 6.07) is 14.0. The van der Waals surface area contributed by atoms with Gasteiger partial charge in [0.05, 0.1) is 28.8 Å². The second-order valence-corrected chi connectivity index (χ2v) is 5.69. The smallest absolute Gasteiger partial charge is 0.269 e. The Hall–Kier alpha value is -2.32. The molecule has 0 unspecified atom stereocenters. The van der Waals surface area contributed by atoms with E-state index in [9.17, 15) is 10.1 Å². The van der Waals surface area contributed by atoms with E-state index in [-0.39, 0.29) is 22.7 Å². The van der Waals surface area contributed by atoms with Gasteiger partial charge in [-0.3, -0.25) is 10.1 Å². The second-order valence-electron chi connectivity index (χ2n) is 4.66. The number of hydrogen-bond donors (Lipinski definition) is 1. The van der Waals surface area contributed by atoms with E-state index in [0.29, 0.717) is 0 Å². The van der Waals surface area contributed by atoms with Gasteiger partial charge in [-0.2, -0.15) is 0 Å². The van der Waals surface area contributed by atoms with E-state index in [2.05, 4.69) is 9.97 Å². The number of aromatic amines is 1. The van der Waals surface area contributed by atoms with Gasteiger partial charge in [-0.15, -0.1) is 17.0 Å². The highest BCUT2D eigenvalue weighted by molar-refractivity contribution is 8.93. The first-order valence-electron chi connectivity index (χ1n) is 6.78. The molecule has 0 amide bonds. The topological polar surface area (TPSA) is 81.1 Å². The second kappa shape index (κ2) is 7.98. The van der Waals surface area contributed by atoms with E-state index < -0.39 is 4.92 Å². The fraction of sp³-hybridized carbons (Fsp3) is 0.0625. The molecule has 1 N–H and O–H groups in total. The van der Waals surface area contributed by atoms with Crippen molar-refractivity contribution in [1.82, 2.24) is 9.97 Å². The van der Waals surface area contributed by atoms with Crippen molar-refractivity contribution in [2.24, 2.45) is 0 Å². The molecule has 24 heavy (non-hydrogen) atoms. The number of methoxy groups -OCH3 is 1. The number of nitro benzene ring substituents is 1. The number of benzene rings is 2. The fourth-order valence-corrected chi connectivity index (χ4v) is 2.94. The first kappa shape index (κ1) is 18.0. The molecule has 1 aromatic heterocycles. The fourth-order valence-electron chi connectivity index (χ4n) is 2.07. The van der Waals surface area contributed by atoms with Crippen LogP contribution in [0.1, 0.15) is 0 Å². The minimum Gasteiger partial charge on any atom is -0.496 e. The van der Waals surface area contributed by atoms with E-state index in [4.69, 9.17) is 4.74 Å². The zero-order valence-corrected chi connectivity index (χ0v) is 15.2. The number of hydrogen-bond acceptors (Lipinski definition) is 5. The minimum atomic E-state index is -0.417. The van der Waals surface area contributed by atoms with Crippen LogP contribution in [0.2, 0.25) is 0 Å². The standard InChI is InChI=1S/C16H13N3O3S.BrH/c1-22-14-4-2-3-5-15(14)23-16-17-10-13(18-16)11-6-8-12(9-7-11)19(20)21;/h2-10H,1H3,(H,17,18);1H. The number of imidazole rings is 1. The van der Waals surface area contributed by atoms with E-state index in [1.54, 1.807) is 25.4 Å². The van der Waals surface area contributed by atoms with Crippen molar-refractivity contribution in [2.45, 2.75) is 10.1 Å². The maximum atomic E-state index is 10.7. The molecule has 0 fully saturated rings. The quantitative estimate of drug-likeness (QED) is 0.488. The van der Waals surface area contributed by atoms with Crippen LogP contribution in [0.25, 0.3) is 11.3 Å². The van der Waals surface area contributed by atoms with Crippen molar-refractivity contribution in [3.05, 3.63) is 64.8 Å². The third kappa shape index (κ3) is 3.95. The predicted molar refractivity (Wildman–Crippen MR) is 98.1 cm³/mol. The lowest BCUT2D eigenvalue weighted by atomic mass is 10.1. The molecule has 0 spiro atoms. The molecular weight excluding hydrogens is 394 g/mol. The highest BCUT2D eigenvalue weighted by Crippen LogP contribution is 2.34. The third-order valence-corrected chi connectivity index (χ3v) is 4.18. The van der Waals surface area contributed by atoms with E-state index in [0.717, 1.165) is 27.1 Å². The molecule has 0 aliphatic rings. The van der Waals surface area contributed by atoms with Gasteiger partial charge in [0.15, 0.2) is 5.16 Å². The van der Waals surface area contributed by atoms with Crippen LogP contribution >= 0.6 is 28.7 Å². The summed E-state index contributed by atoms with van der Waals surface area (Å²) >= 11 is 1.46. The number of nitrogens with zero attached hydrogens (tertiary/aromatic N) is 2. The number of para-hydroxylation sites is 1. The number of H-pyrrole nitrogens is 1. The lowest BCUT2D eigenvalue weighted by Crippen LogP contribution is -1.87. The molecule has 0 radical (unpaired) electrons. The van der Waals surface area contributed by atoms with Crippen molar-refractivity contribution in [2.75, 3.05) is 7.11 Å². The first-order valence-corrected chi connectivity index (χ1v) is 7.60. The highest BCUT2D eigenvalue weighted by Gasteiger charge is 2.10. The van der Waals surface area contributed by atoms with Crippen LogP contribution in [-0.2, 0) is 0 Å². The number of nitro groups is 1. The van der Waals surface area contributed by atoms with Gasteiger partial charge in [0.2, 0.25) is 0 Å². The van der Waals surface area contributed by atoms with Crippen LogP contribution in [0.5, 0.6) is 5.75 Å². The van der Waals surface area contributed by atoms with Crippen molar-refractivity contribution in [3.8, 4) is 17.0 Å². The van der Waals surface area contributed by atoms with Crippen LogP contribution in [0.3, 0.4) is 0 Å². The highest BCUT2D eigenvalue weighted by atomic mass is 79.9. The molecule has 0 bridgehead atoms. The zero-order valence-electron chi connectivity index (χ0n) is 12.6. The summed E-state index contributed by atoms with van der Waals surface area (Å²) in [5.41, 5.74) is 1.71. The van der Waals surface area contributed by atoms with Crippen molar-refractivity contribution in [3.63, 3.8) is 0 Å². The Morgan fingerprint density at radius 2 is 1.88 bits per heavy atom. The van der Waals surface area contributed by atoms with Gasteiger partial charge in [0, 0.05) is 17.7 Å². The lowest BCUT2D eigenvalue weighted by molar-refractivity contribution is -0.384. The first-order chi connectivity index (χ1) is 11.2. The van der Waals surface area contributed by atoms with Crippen molar-refractivity contribution in [1.29, 1.82) is 0 Å². The molecule has 1 heterocycles. The van der Waals surface area contributed by atoms with E-state index >= 15 is 0 Å². The van der Waals surface area contributed by atoms with Crippen molar-refractivity contribution < 1.29 is 9.66 Å². The average molecular weight is 408 g/mol. The van der Waals surface area contributed by atoms with Gasteiger partial charge in [0.1, 0.15) is 5.75 Å². The summed E-state index contributed by atoms with van der Waals surface area (Å²) in [4.78, 5) is 18.8. The number of non-ortho nitro benzene ring substituents is 1. The Kier molecular flexibility index (Phi) is 5.99. The Morgan fingerprint density at radius 3 is 2.54 bits per heavy atom. The molecule has 0 aliphatic heterocycles. The number of halogens is 1. The molecule has 124 valence electrons. The maximum absolute atomic E-state index is 10.7. The largest absolute Gasteiger partial charge is 0.496 e. The number of nitrogens with one attached hydrogen (secondary N) is 1. The third-order valence-electron chi connectivity index (χ3n) is 3.22. The summed E-state index contributed by atoms with van der Waals surface area (Å²) in [7, 11) is 1.63. The maximum Gasteiger partial charge on any atom is 0.269 e. The average Bonchev–Trinajstić information content (AvgIpc) is 3.04. The van der Waals surface area contributed by atoms with E-state index in [1.807, 2.05) is 24.3 Å². The molecule has 3 aromatic rings. The number of rotatable bonds is 5. The molecule has 8 heteroatoms. The van der Waals surface area contributed by atoms with Gasteiger partial charge in [0.25, 0.3) is 5.69 Å². The molecule has 0 saturated carbocycles. The summed E-state index contributed by atoms with van der Waals surface area (Å²) < 4.78 is 5.32. The van der Waals surface area contributed by atoms with Crippen LogP contribution in [0.15, 0.2) is 64.8 Å². The lowest BCUT2D eigenvalue weighted by Gasteiger charge is -2.05. The van der Waals surface area contributed by atoms with Crippen LogP contribution in [-0.4, -0.2) is 22.0 Å². The van der Waals surface area contributed by atoms with Crippen LogP contribution in [0, 0.1) is 10.1 Å². The van der Waals surface area contributed by atoms with Crippen LogP contribution < -0.4 is 4.74 Å². The number of aromatic nitrogens is 2. The summed E-state index contributed by atoms with van der Waals surface area (Å²) in [6.45, 7) is 0. The molecule has 0 saturated heterocycles. The SMILES string of the molecule is Br.COc1ccccc1Sc1ncc(-c2ccc([N+](=O)[O-])cc2)[nH]1. The minimum absolute atomic E-state index is 0. The molecule has 0 aliphatic carbocycles. The van der Waals surface area contributed by atoms with Crippen molar-refractivity contribution >= 4 is 34.4 Å². The monoisotopic (exact) mass is 407 g/mol. The summed E-state index contributed by atoms with van der Waals surface area (Å²) in [5.74, 6) is 0.783. The molecule has 3 rings (SSSR count). The van der Waals surface area contributed by atoms with Gasteiger partial charge in [-0.05, 0) is 36.0 Å². The van der Waals surface area contributed by atoms with Gasteiger partial charge >= 0.3 is 0 Å². The Morgan fingerprint density at radius 1 is 1.17 bits per heavy atom. The Labute approximate surface area is 153 Å². The Bertz CT molecular complexity index is 837.